The van der Waals surface area contributed by atoms with E-state index in [1.54, 1.807) is 38.2 Å². The maximum absolute atomic E-state index is 13.8. The lowest BCUT2D eigenvalue weighted by atomic mass is 10.1. The molecule has 3 N–H and O–H groups in total. The molecule has 3 aromatic rings. The van der Waals surface area contributed by atoms with Crippen LogP contribution in [0.25, 0.3) is 0 Å². The fourth-order valence-corrected chi connectivity index (χ4v) is 3.64. The predicted octanol–water partition coefficient (Wildman–Crippen LogP) is 5.30. The van der Waals surface area contributed by atoms with Gasteiger partial charge in [-0.05, 0) is 55.0 Å². The van der Waals surface area contributed by atoms with E-state index in [1.807, 2.05) is 0 Å². The van der Waals surface area contributed by atoms with Gasteiger partial charge in [-0.25, -0.2) is 14.0 Å². The third-order valence-corrected chi connectivity index (χ3v) is 6.00. The number of benzene rings is 3. The number of halogens is 2. The standard InChI is InChI=1S/C27H27ClFN3O6/c1-16(15-38-23-11-9-18(26(34)35)14-19(23)28)32(2)25(33)13-17-8-10-22(24(12-17)37-3)31-27(36)30-21-7-5-4-6-20(21)29/h4-12,14,16H,13,15H2,1-3H3,(H,34,35)(H2,30,31,36). The maximum Gasteiger partial charge on any atom is 0.335 e. The molecule has 3 aromatic carbocycles. The Balaban J connectivity index is 1.58. The first kappa shape index (κ1) is 28.3. The number of ether oxygens (including phenoxy) is 2. The van der Waals surface area contributed by atoms with Gasteiger partial charge in [-0.1, -0.05) is 29.8 Å². The summed E-state index contributed by atoms with van der Waals surface area (Å²) in [4.78, 5) is 37.8. The Bertz CT molecular complexity index is 1340. The second-order valence-corrected chi connectivity index (χ2v) is 8.79. The van der Waals surface area contributed by atoms with Crippen molar-refractivity contribution in [2.24, 2.45) is 0 Å². The average Bonchev–Trinajstić information content (AvgIpc) is 2.89. The van der Waals surface area contributed by atoms with E-state index in [4.69, 9.17) is 26.2 Å². The number of likely N-dealkylation sites (N-methyl/N-ethyl adjacent to an activating group) is 1. The SMILES string of the molecule is COc1cc(CC(=O)N(C)C(C)COc2ccc(C(=O)O)cc2Cl)ccc1NC(=O)Nc1ccccc1F. The van der Waals surface area contributed by atoms with Crippen molar-refractivity contribution in [1.29, 1.82) is 0 Å². The topological polar surface area (TPSA) is 117 Å². The summed E-state index contributed by atoms with van der Waals surface area (Å²) in [5, 5.41) is 14.2. The highest BCUT2D eigenvalue weighted by Crippen LogP contribution is 2.27. The highest BCUT2D eigenvalue weighted by Gasteiger charge is 2.19. The smallest absolute Gasteiger partial charge is 0.335 e. The molecule has 0 radical (unpaired) electrons. The number of nitrogens with zero attached hydrogens (tertiary/aromatic N) is 1. The molecule has 0 aliphatic heterocycles. The number of carbonyl (C=O) groups is 3. The number of carboxylic acids is 1. The largest absolute Gasteiger partial charge is 0.495 e. The van der Waals surface area contributed by atoms with Crippen LogP contribution in [0.15, 0.2) is 60.7 Å². The summed E-state index contributed by atoms with van der Waals surface area (Å²) in [6.45, 7) is 1.94. The van der Waals surface area contributed by atoms with Gasteiger partial charge in [0.25, 0.3) is 0 Å². The Hall–Kier alpha value is -4.31. The van der Waals surface area contributed by atoms with Gasteiger partial charge >= 0.3 is 12.0 Å². The van der Waals surface area contributed by atoms with Gasteiger partial charge in [0, 0.05) is 7.05 Å². The molecule has 1 unspecified atom stereocenters. The quantitative estimate of drug-likeness (QED) is 0.319. The van der Waals surface area contributed by atoms with Crippen LogP contribution in [0, 0.1) is 5.82 Å². The van der Waals surface area contributed by atoms with Crippen molar-refractivity contribution < 1.29 is 33.4 Å². The van der Waals surface area contributed by atoms with Crippen LogP contribution in [0.3, 0.4) is 0 Å². The highest BCUT2D eigenvalue weighted by atomic mass is 35.5. The minimum absolute atomic E-state index is 0.0341. The second-order valence-electron chi connectivity index (χ2n) is 8.39. The van der Waals surface area contributed by atoms with Gasteiger partial charge in [0.2, 0.25) is 5.91 Å². The van der Waals surface area contributed by atoms with Gasteiger partial charge in [0.1, 0.15) is 23.9 Å². The summed E-state index contributed by atoms with van der Waals surface area (Å²) in [5.41, 5.74) is 1.08. The monoisotopic (exact) mass is 543 g/mol. The zero-order chi connectivity index (χ0) is 27.8. The fourth-order valence-electron chi connectivity index (χ4n) is 3.41. The molecule has 38 heavy (non-hydrogen) atoms. The Morgan fingerprint density at radius 2 is 1.74 bits per heavy atom. The lowest BCUT2D eigenvalue weighted by Crippen LogP contribution is -2.39. The minimum atomic E-state index is -1.09. The molecular formula is C27H27ClFN3O6. The van der Waals surface area contributed by atoms with Crippen molar-refractivity contribution >= 4 is 40.9 Å². The van der Waals surface area contributed by atoms with Crippen molar-refractivity contribution in [3.05, 3.63) is 82.6 Å². The van der Waals surface area contributed by atoms with Crippen LogP contribution < -0.4 is 20.1 Å². The van der Waals surface area contributed by atoms with E-state index in [9.17, 15) is 18.8 Å². The molecule has 0 saturated heterocycles. The number of urea groups is 1. The number of methoxy groups -OCH3 is 1. The van der Waals surface area contributed by atoms with Crippen LogP contribution in [0.2, 0.25) is 5.02 Å². The molecule has 11 heteroatoms. The lowest BCUT2D eigenvalue weighted by molar-refractivity contribution is -0.131. The lowest BCUT2D eigenvalue weighted by Gasteiger charge is -2.25. The predicted molar refractivity (Wildman–Crippen MR) is 142 cm³/mol. The third kappa shape index (κ3) is 7.36. The number of rotatable bonds is 10. The van der Waals surface area contributed by atoms with Gasteiger partial charge in [0.05, 0.1) is 41.5 Å². The molecule has 9 nitrogen and oxygen atoms in total. The molecule has 0 aliphatic carbocycles. The Kier molecular flexibility index (Phi) is 9.50. The first-order valence-electron chi connectivity index (χ1n) is 11.5. The number of nitrogens with one attached hydrogen (secondary N) is 2. The van der Waals surface area contributed by atoms with Crippen molar-refractivity contribution in [2.45, 2.75) is 19.4 Å². The normalized spacial score (nSPS) is 11.3. The number of hydrogen-bond donors (Lipinski definition) is 3. The molecule has 3 amide bonds. The van der Waals surface area contributed by atoms with E-state index >= 15 is 0 Å². The van der Waals surface area contributed by atoms with E-state index in [1.165, 1.54) is 48.4 Å². The highest BCUT2D eigenvalue weighted by molar-refractivity contribution is 6.32. The molecule has 200 valence electrons. The number of para-hydroxylation sites is 1. The summed E-state index contributed by atoms with van der Waals surface area (Å²) in [5.74, 6) is -1.20. The van der Waals surface area contributed by atoms with E-state index in [0.717, 1.165) is 0 Å². The molecule has 0 fully saturated rings. The summed E-state index contributed by atoms with van der Waals surface area (Å²) >= 11 is 6.10. The Labute approximate surface area is 224 Å². The van der Waals surface area contributed by atoms with Gasteiger partial charge in [-0.2, -0.15) is 0 Å². The molecule has 0 aromatic heterocycles. The molecule has 0 spiro atoms. The minimum Gasteiger partial charge on any atom is -0.495 e. The first-order chi connectivity index (χ1) is 18.1. The molecule has 0 aliphatic rings. The number of aromatic carboxylic acids is 1. The zero-order valence-corrected chi connectivity index (χ0v) is 21.7. The van der Waals surface area contributed by atoms with Crippen LogP contribution in [0.5, 0.6) is 11.5 Å². The van der Waals surface area contributed by atoms with Crippen LogP contribution in [0.4, 0.5) is 20.6 Å². The van der Waals surface area contributed by atoms with Gasteiger partial charge in [-0.15, -0.1) is 0 Å². The van der Waals surface area contributed by atoms with E-state index in [2.05, 4.69) is 10.6 Å². The number of hydrogen-bond acceptors (Lipinski definition) is 5. The van der Waals surface area contributed by atoms with E-state index in [-0.39, 0.29) is 41.3 Å². The Morgan fingerprint density at radius 3 is 2.39 bits per heavy atom. The van der Waals surface area contributed by atoms with Crippen LogP contribution in [-0.2, 0) is 11.2 Å². The number of carboxylic acid groups (broad SMARTS) is 1. The number of amides is 3. The zero-order valence-electron chi connectivity index (χ0n) is 21.0. The van der Waals surface area contributed by atoms with E-state index < -0.39 is 17.8 Å². The number of anilines is 2. The van der Waals surface area contributed by atoms with Crippen LogP contribution >= 0.6 is 11.6 Å². The molecule has 3 rings (SSSR count). The summed E-state index contributed by atoms with van der Waals surface area (Å²) in [6, 6.07) is 13.9. The molecule has 0 bridgehead atoms. The molecule has 1 atom stereocenters. The Morgan fingerprint density at radius 1 is 1.03 bits per heavy atom. The summed E-state index contributed by atoms with van der Waals surface area (Å²) in [6.07, 6.45) is 0.0625. The van der Waals surface area contributed by atoms with Crippen molar-refractivity contribution in [2.75, 3.05) is 31.4 Å². The van der Waals surface area contributed by atoms with Gasteiger partial charge < -0.3 is 30.1 Å². The molecular weight excluding hydrogens is 517 g/mol. The van der Waals surface area contributed by atoms with Crippen molar-refractivity contribution in [1.82, 2.24) is 4.90 Å². The molecule has 0 saturated carbocycles. The first-order valence-corrected chi connectivity index (χ1v) is 11.9. The second kappa shape index (κ2) is 12.8. The summed E-state index contributed by atoms with van der Waals surface area (Å²) in [7, 11) is 3.08. The van der Waals surface area contributed by atoms with Gasteiger partial charge in [-0.3, -0.25) is 4.79 Å². The van der Waals surface area contributed by atoms with Gasteiger partial charge in [0.15, 0.2) is 0 Å². The van der Waals surface area contributed by atoms with Crippen molar-refractivity contribution in [3.8, 4) is 11.5 Å². The van der Waals surface area contributed by atoms with Crippen LogP contribution in [-0.4, -0.2) is 54.7 Å². The molecule has 0 heterocycles. The van der Waals surface area contributed by atoms with Crippen molar-refractivity contribution in [3.63, 3.8) is 0 Å². The maximum atomic E-state index is 13.8. The third-order valence-electron chi connectivity index (χ3n) is 5.70. The number of carbonyl (C=O) groups excluding carboxylic acids is 2. The summed E-state index contributed by atoms with van der Waals surface area (Å²) < 4.78 is 24.8. The van der Waals surface area contributed by atoms with Crippen LogP contribution in [0.1, 0.15) is 22.8 Å². The van der Waals surface area contributed by atoms with E-state index in [0.29, 0.717) is 22.7 Å². The average molecular weight is 544 g/mol. The fraction of sp³-hybridized carbons (Fsp3) is 0.222.